The van der Waals surface area contributed by atoms with Crippen LogP contribution in [0.25, 0.3) is 0 Å². The number of carboxylic acids is 1. The Hall–Kier alpha value is -1.88. The molecule has 3 N–H and O–H groups in total. The number of nitrogens with one attached hydrogen (secondary N) is 2. The maximum Gasteiger partial charge on any atom is 0.335 e. The van der Waals surface area contributed by atoms with Crippen molar-refractivity contribution in [2.75, 3.05) is 18.9 Å². The minimum Gasteiger partial charge on any atom is -0.478 e. The lowest BCUT2D eigenvalue weighted by Gasteiger charge is -2.05. The van der Waals surface area contributed by atoms with Crippen molar-refractivity contribution in [1.29, 1.82) is 0 Å². The van der Waals surface area contributed by atoms with E-state index in [1.807, 2.05) is 0 Å². The molecule has 0 radical (unpaired) electrons. The van der Waals surface area contributed by atoms with E-state index in [0.29, 0.717) is 18.7 Å². The Balaban J connectivity index is 2.63. The van der Waals surface area contributed by atoms with E-state index in [1.54, 1.807) is 19.2 Å². The number of aromatic carboxylic acids is 1. The highest BCUT2D eigenvalue weighted by molar-refractivity contribution is 5.93. The van der Waals surface area contributed by atoms with Crippen LogP contribution in [0.1, 0.15) is 16.8 Å². The smallest absolute Gasteiger partial charge is 0.335 e. The van der Waals surface area contributed by atoms with Gasteiger partial charge < -0.3 is 15.7 Å². The molecule has 0 aliphatic carbocycles. The van der Waals surface area contributed by atoms with Gasteiger partial charge in [0.2, 0.25) is 5.91 Å². The van der Waals surface area contributed by atoms with Crippen molar-refractivity contribution in [2.24, 2.45) is 0 Å². The van der Waals surface area contributed by atoms with Gasteiger partial charge in [-0.3, -0.25) is 4.79 Å². The topological polar surface area (TPSA) is 78.4 Å². The summed E-state index contributed by atoms with van der Waals surface area (Å²) in [5, 5.41) is 14.3. The van der Waals surface area contributed by atoms with Crippen molar-refractivity contribution in [1.82, 2.24) is 5.32 Å². The molecule has 1 rings (SSSR count). The van der Waals surface area contributed by atoms with Crippen molar-refractivity contribution in [2.45, 2.75) is 6.42 Å². The van der Waals surface area contributed by atoms with E-state index in [2.05, 4.69) is 10.6 Å². The van der Waals surface area contributed by atoms with Gasteiger partial charge in [-0.25, -0.2) is 4.79 Å². The monoisotopic (exact) mass is 222 g/mol. The second-order valence-electron chi connectivity index (χ2n) is 3.29. The summed E-state index contributed by atoms with van der Waals surface area (Å²) in [6.45, 7) is 0.588. The number of anilines is 1. The Bertz CT molecular complexity index is 391. The van der Waals surface area contributed by atoms with Crippen LogP contribution in [0.5, 0.6) is 0 Å². The number of hydrogen-bond acceptors (Lipinski definition) is 3. The Kier molecular flexibility index (Phi) is 4.47. The predicted molar refractivity (Wildman–Crippen MR) is 60.6 cm³/mol. The molecule has 0 fully saturated rings. The largest absolute Gasteiger partial charge is 0.478 e. The maximum absolute atomic E-state index is 11.4. The summed E-state index contributed by atoms with van der Waals surface area (Å²) >= 11 is 0. The molecule has 0 saturated carbocycles. The molecule has 0 aliphatic heterocycles. The molecule has 1 aromatic carbocycles. The molecule has 86 valence electrons. The molecule has 0 aliphatic rings. The van der Waals surface area contributed by atoms with Crippen molar-refractivity contribution < 1.29 is 14.7 Å². The summed E-state index contributed by atoms with van der Waals surface area (Å²) < 4.78 is 0. The van der Waals surface area contributed by atoms with Crippen LogP contribution in [0.4, 0.5) is 5.69 Å². The van der Waals surface area contributed by atoms with Gasteiger partial charge in [-0.05, 0) is 25.2 Å². The molecule has 5 nitrogen and oxygen atoms in total. The van der Waals surface area contributed by atoms with Crippen LogP contribution in [0.2, 0.25) is 0 Å². The third-order valence-electron chi connectivity index (χ3n) is 2.00. The first kappa shape index (κ1) is 12.2. The van der Waals surface area contributed by atoms with E-state index in [1.165, 1.54) is 12.1 Å². The SMILES string of the molecule is CNCCC(=O)Nc1cccc(C(=O)O)c1. The fourth-order valence-electron chi connectivity index (χ4n) is 1.19. The molecule has 0 heterocycles. The molecule has 0 unspecified atom stereocenters. The lowest BCUT2D eigenvalue weighted by Crippen LogP contribution is -2.18. The highest BCUT2D eigenvalue weighted by Crippen LogP contribution is 2.10. The summed E-state index contributed by atoms with van der Waals surface area (Å²) in [6.07, 6.45) is 0.355. The van der Waals surface area contributed by atoms with Crippen LogP contribution in [0.15, 0.2) is 24.3 Å². The van der Waals surface area contributed by atoms with Crippen LogP contribution in [0, 0.1) is 0 Å². The van der Waals surface area contributed by atoms with E-state index >= 15 is 0 Å². The molecule has 16 heavy (non-hydrogen) atoms. The van der Waals surface area contributed by atoms with Gasteiger partial charge >= 0.3 is 5.97 Å². The molecular formula is C11H14N2O3. The lowest BCUT2D eigenvalue weighted by molar-refractivity contribution is -0.116. The minimum atomic E-state index is -1.01. The normalized spacial score (nSPS) is 9.81. The van der Waals surface area contributed by atoms with Crippen molar-refractivity contribution in [3.8, 4) is 0 Å². The molecular weight excluding hydrogens is 208 g/mol. The van der Waals surface area contributed by atoms with E-state index < -0.39 is 5.97 Å². The molecule has 0 spiro atoms. The van der Waals surface area contributed by atoms with Gasteiger partial charge in [-0.1, -0.05) is 6.07 Å². The van der Waals surface area contributed by atoms with Gasteiger partial charge in [0.25, 0.3) is 0 Å². The molecule has 0 atom stereocenters. The summed E-state index contributed by atoms with van der Waals surface area (Å²) in [6, 6.07) is 6.16. The van der Waals surface area contributed by atoms with Gasteiger partial charge in [0.1, 0.15) is 0 Å². The summed E-state index contributed by atoms with van der Waals surface area (Å²) in [4.78, 5) is 22.0. The van der Waals surface area contributed by atoms with Crippen molar-refractivity contribution >= 4 is 17.6 Å². The Labute approximate surface area is 93.5 Å². The second-order valence-corrected chi connectivity index (χ2v) is 3.29. The standard InChI is InChI=1S/C11H14N2O3/c1-12-6-5-10(14)13-9-4-2-3-8(7-9)11(15)16/h2-4,7,12H,5-6H2,1H3,(H,13,14)(H,15,16). The maximum atomic E-state index is 11.4. The number of carbonyl (C=O) groups excluding carboxylic acids is 1. The van der Waals surface area contributed by atoms with Crippen LogP contribution in [-0.4, -0.2) is 30.6 Å². The zero-order valence-corrected chi connectivity index (χ0v) is 8.99. The first-order valence-corrected chi connectivity index (χ1v) is 4.91. The minimum absolute atomic E-state index is 0.142. The van der Waals surface area contributed by atoms with E-state index in [-0.39, 0.29) is 11.5 Å². The number of carbonyl (C=O) groups is 2. The van der Waals surface area contributed by atoms with Gasteiger partial charge in [0.15, 0.2) is 0 Å². The lowest BCUT2D eigenvalue weighted by atomic mass is 10.2. The van der Waals surface area contributed by atoms with Crippen LogP contribution >= 0.6 is 0 Å². The Morgan fingerprint density at radius 2 is 2.12 bits per heavy atom. The number of hydrogen-bond donors (Lipinski definition) is 3. The van der Waals surface area contributed by atoms with Crippen LogP contribution in [-0.2, 0) is 4.79 Å². The number of benzene rings is 1. The third kappa shape index (κ3) is 3.70. The van der Waals surface area contributed by atoms with E-state index in [4.69, 9.17) is 5.11 Å². The molecule has 0 aromatic heterocycles. The molecule has 1 aromatic rings. The summed E-state index contributed by atoms with van der Waals surface area (Å²) in [5.74, 6) is -1.15. The quantitative estimate of drug-likeness (QED) is 0.692. The predicted octanol–water partition coefficient (Wildman–Crippen LogP) is 0.933. The zero-order chi connectivity index (χ0) is 12.0. The van der Waals surface area contributed by atoms with Crippen molar-refractivity contribution in [3.63, 3.8) is 0 Å². The average molecular weight is 222 g/mol. The van der Waals surface area contributed by atoms with Crippen molar-refractivity contribution in [3.05, 3.63) is 29.8 Å². The molecule has 5 heteroatoms. The first-order chi connectivity index (χ1) is 7.63. The number of rotatable bonds is 5. The fraction of sp³-hybridized carbons (Fsp3) is 0.273. The Morgan fingerprint density at radius 1 is 1.38 bits per heavy atom. The van der Waals surface area contributed by atoms with Gasteiger partial charge in [0.05, 0.1) is 5.56 Å². The molecule has 0 saturated heterocycles. The summed E-state index contributed by atoms with van der Waals surface area (Å²) in [5.41, 5.74) is 0.660. The van der Waals surface area contributed by atoms with E-state index in [0.717, 1.165) is 0 Å². The highest BCUT2D eigenvalue weighted by atomic mass is 16.4. The zero-order valence-electron chi connectivity index (χ0n) is 8.99. The fourth-order valence-corrected chi connectivity index (χ4v) is 1.19. The molecule has 0 bridgehead atoms. The Morgan fingerprint density at radius 3 is 2.75 bits per heavy atom. The highest BCUT2D eigenvalue weighted by Gasteiger charge is 2.05. The molecule has 1 amide bonds. The third-order valence-corrected chi connectivity index (χ3v) is 2.00. The van der Waals surface area contributed by atoms with Crippen LogP contribution in [0.3, 0.4) is 0 Å². The number of carboxylic acid groups (broad SMARTS) is 1. The van der Waals surface area contributed by atoms with Crippen LogP contribution < -0.4 is 10.6 Å². The summed E-state index contributed by atoms with van der Waals surface area (Å²) in [7, 11) is 1.76. The number of amides is 1. The average Bonchev–Trinajstić information content (AvgIpc) is 2.26. The van der Waals surface area contributed by atoms with Gasteiger partial charge in [-0.2, -0.15) is 0 Å². The second kappa shape index (κ2) is 5.87. The van der Waals surface area contributed by atoms with E-state index in [9.17, 15) is 9.59 Å². The first-order valence-electron chi connectivity index (χ1n) is 4.91. The van der Waals surface area contributed by atoms with Gasteiger partial charge in [-0.15, -0.1) is 0 Å². The van der Waals surface area contributed by atoms with Gasteiger partial charge in [0, 0.05) is 18.7 Å².